The molecule has 1 aliphatic rings. The SMILES string of the molecule is CC1(Nc2cc(Cl)c(Cl)cc2[N+](=O)[O-])CCNCC1. The second kappa shape index (κ2) is 5.53. The first-order valence-corrected chi connectivity index (χ1v) is 6.79. The Hall–Kier alpha value is -1.04. The molecule has 104 valence electrons. The summed E-state index contributed by atoms with van der Waals surface area (Å²) in [6, 6.07) is 2.81. The van der Waals surface area contributed by atoms with Gasteiger partial charge in [0.2, 0.25) is 0 Å². The van der Waals surface area contributed by atoms with Gasteiger partial charge in [-0.05, 0) is 38.9 Å². The van der Waals surface area contributed by atoms with Crippen molar-refractivity contribution in [1.82, 2.24) is 5.32 Å². The van der Waals surface area contributed by atoms with E-state index in [1.54, 1.807) is 0 Å². The highest BCUT2D eigenvalue weighted by Crippen LogP contribution is 2.36. The summed E-state index contributed by atoms with van der Waals surface area (Å²) in [5.74, 6) is 0. The summed E-state index contributed by atoms with van der Waals surface area (Å²) in [4.78, 5) is 10.6. The second-order valence-corrected chi connectivity index (χ2v) is 5.79. The smallest absolute Gasteiger partial charge is 0.293 e. The monoisotopic (exact) mass is 303 g/mol. The summed E-state index contributed by atoms with van der Waals surface area (Å²) in [6.07, 6.45) is 1.79. The minimum Gasteiger partial charge on any atom is -0.374 e. The van der Waals surface area contributed by atoms with Gasteiger partial charge < -0.3 is 10.6 Å². The summed E-state index contributed by atoms with van der Waals surface area (Å²) >= 11 is 11.8. The van der Waals surface area contributed by atoms with Gasteiger partial charge in [0.15, 0.2) is 0 Å². The largest absolute Gasteiger partial charge is 0.374 e. The van der Waals surface area contributed by atoms with E-state index >= 15 is 0 Å². The van der Waals surface area contributed by atoms with Crippen molar-refractivity contribution >= 4 is 34.6 Å². The van der Waals surface area contributed by atoms with Gasteiger partial charge in [0.25, 0.3) is 5.69 Å². The van der Waals surface area contributed by atoms with Gasteiger partial charge >= 0.3 is 0 Å². The normalized spacial score (nSPS) is 18.1. The summed E-state index contributed by atoms with van der Waals surface area (Å²) < 4.78 is 0. The molecule has 1 saturated heterocycles. The van der Waals surface area contributed by atoms with Gasteiger partial charge in [-0.3, -0.25) is 10.1 Å². The van der Waals surface area contributed by atoms with Crippen molar-refractivity contribution in [1.29, 1.82) is 0 Å². The highest BCUT2D eigenvalue weighted by Gasteiger charge is 2.29. The molecule has 0 atom stereocenters. The number of nitro benzene ring substituents is 1. The van der Waals surface area contributed by atoms with Crippen molar-refractivity contribution in [2.24, 2.45) is 0 Å². The van der Waals surface area contributed by atoms with E-state index in [1.165, 1.54) is 12.1 Å². The van der Waals surface area contributed by atoms with Crippen LogP contribution in [0.4, 0.5) is 11.4 Å². The van der Waals surface area contributed by atoms with Gasteiger partial charge in [0, 0.05) is 11.6 Å². The van der Waals surface area contributed by atoms with Gasteiger partial charge in [-0.1, -0.05) is 23.2 Å². The lowest BCUT2D eigenvalue weighted by Gasteiger charge is -2.35. The molecule has 0 saturated carbocycles. The highest BCUT2D eigenvalue weighted by atomic mass is 35.5. The number of anilines is 1. The van der Waals surface area contributed by atoms with Crippen molar-refractivity contribution in [3.63, 3.8) is 0 Å². The van der Waals surface area contributed by atoms with Crippen molar-refractivity contribution in [3.8, 4) is 0 Å². The van der Waals surface area contributed by atoms with Crippen LogP contribution in [0.15, 0.2) is 12.1 Å². The predicted octanol–water partition coefficient (Wildman–Crippen LogP) is 3.46. The maximum Gasteiger partial charge on any atom is 0.293 e. The number of nitrogens with zero attached hydrogens (tertiary/aromatic N) is 1. The number of nitro groups is 1. The van der Waals surface area contributed by atoms with Crippen LogP contribution in [-0.2, 0) is 0 Å². The van der Waals surface area contributed by atoms with Crippen molar-refractivity contribution in [3.05, 3.63) is 32.3 Å². The van der Waals surface area contributed by atoms with Gasteiger partial charge in [-0.15, -0.1) is 0 Å². The number of halogens is 2. The molecular formula is C12H15Cl2N3O2. The zero-order chi connectivity index (χ0) is 14.0. The Kier molecular flexibility index (Phi) is 4.18. The average molecular weight is 304 g/mol. The third-order valence-electron chi connectivity index (χ3n) is 3.38. The van der Waals surface area contributed by atoms with Crippen molar-refractivity contribution < 1.29 is 4.92 Å². The number of hydrogen-bond acceptors (Lipinski definition) is 4. The molecule has 2 N–H and O–H groups in total. The Labute approximate surface area is 121 Å². The van der Waals surface area contributed by atoms with E-state index < -0.39 is 4.92 Å². The fourth-order valence-corrected chi connectivity index (χ4v) is 2.54. The topological polar surface area (TPSA) is 67.2 Å². The van der Waals surface area contributed by atoms with Crippen molar-refractivity contribution in [2.45, 2.75) is 25.3 Å². The van der Waals surface area contributed by atoms with E-state index in [-0.39, 0.29) is 16.2 Å². The van der Waals surface area contributed by atoms with Gasteiger partial charge in [-0.2, -0.15) is 0 Å². The van der Waals surface area contributed by atoms with E-state index in [1.807, 2.05) is 0 Å². The molecule has 1 fully saturated rings. The lowest BCUT2D eigenvalue weighted by atomic mass is 9.90. The Morgan fingerprint density at radius 1 is 1.32 bits per heavy atom. The minimum absolute atomic E-state index is 0.0471. The molecule has 1 aromatic carbocycles. The van der Waals surface area contributed by atoms with Crippen LogP contribution in [0.1, 0.15) is 19.8 Å². The van der Waals surface area contributed by atoms with Crippen LogP contribution in [-0.4, -0.2) is 23.6 Å². The number of rotatable bonds is 3. The van der Waals surface area contributed by atoms with Crippen LogP contribution < -0.4 is 10.6 Å². The van der Waals surface area contributed by atoms with Crippen LogP contribution in [0, 0.1) is 10.1 Å². The third-order valence-corrected chi connectivity index (χ3v) is 4.10. The van der Waals surface area contributed by atoms with E-state index in [0.717, 1.165) is 25.9 Å². The molecule has 1 aliphatic heterocycles. The predicted molar refractivity (Wildman–Crippen MR) is 77.2 cm³/mol. The summed E-state index contributed by atoms with van der Waals surface area (Å²) in [5, 5.41) is 18.1. The van der Waals surface area contributed by atoms with E-state index in [0.29, 0.717) is 10.7 Å². The summed E-state index contributed by atoms with van der Waals surface area (Å²) in [7, 11) is 0. The standard InChI is InChI=1S/C12H15Cl2N3O2/c1-12(2-4-15-5-3-12)16-10-6-8(13)9(14)7-11(10)17(18)19/h6-7,15-16H,2-5H2,1H3. The fraction of sp³-hybridized carbons (Fsp3) is 0.500. The Morgan fingerprint density at radius 2 is 1.89 bits per heavy atom. The van der Waals surface area contributed by atoms with Gasteiger partial charge in [-0.25, -0.2) is 0 Å². The lowest BCUT2D eigenvalue weighted by Crippen LogP contribution is -2.45. The maximum absolute atomic E-state index is 11.1. The molecule has 0 radical (unpaired) electrons. The third kappa shape index (κ3) is 3.29. The molecule has 2 rings (SSSR count). The fourth-order valence-electron chi connectivity index (χ4n) is 2.22. The molecule has 0 bridgehead atoms. The molecule has 19 heavy (non-hydrogen) atoms. The quantitative estimate of drug-likeness (QED) is 0.663. The van der Waals surface area contributed by atoms with Gasteiger partial charge in [0.05, 0.1) is 15.0 Å². The maximum atomic E-state index is 11.1. The van der Waals surface area contributed by atoms with Gasteiger partial charge in [0.1, 0.15) is 5.69 Å². The van der Waals surface area contributed by atoms with Crippen LogP contribution in [0.2, 0.25) is 10.0 Å². The Balaban J connectivity index is 2.33. The summed E-state index contributed by atoms with van der Waals surface area (Å²) in [6.45, 7) is 3.83. The molecule has 0 aromatic heterocycles. The molecule has 0 aliphatic carbocycles. The number of piperidine rings is 1. The molecule has 0 unspecified atom stereocenters. The minimum atomic E-state index is -0.449. The lowest BCUT2D eigenvalue weighted by molar-refractivity contribution is -0.384. The van der Waals surface area contributed by atoms with E-state index in [4.69, 9.17) is 23.2 Å². The first kappa shape index (κ1) is 14.4. The molecule has 1 aromatic rings. The van der Waals surface area contributed by atoms with Crippen molar-refractivity contribution in [2.75, 3.05) is 18.4 Å². The number of benzene rings is 1. The molecule has 7 heteroatoms. The molecule has 0 spiro atoms. The zero-order valence-corrected chi connectivity index (χ0v) is 12.0. The number of hydrogen-bond donors (Lipinski definition) is 2. The van der Waals surface area contributed by atoms with Crippen LogP contribution >= 0.6 is 23.2 Å². The van der Waals surface area contributed by atoms with Crippen LogP contribution in [0.3, 0.4) is 0 Å². The molecule has 0 amide bonds. The van der Waals surface area contributed by atoms with Crippen LogP contribution in [0.25, 0.3) is 0 Å². The Morgan fingerprint density at radius 3 is 2.47 bits per heavy atom. The molecule has 1 heterocycles. The first-order chi connectivity index (χ1) is 8.91. The van der Waals surface area contributed by atoms with E-state index in [2.05, 4.69) is 17.6 Å². The average Bonchev–Trinajstić information content (AvgIpc) is 2.33. The van der Waals surface area contributed by atoms with Crippen LogP contribution in [0.5, 0.6) is 0 Å². The van der Waals surface area contributed by atoms with E-state index in [9.17, 15) is 10.1 Å². The zero-order valence-electron chi connectivity index (χ0n) is 10.5. The Bertz CT molecular complexity index is 502. The summed E-state index contributed by atoms with van der Waals surface area (Å²) in [5.41, 5.74) is 0.200. The highest BCUT2D eigenvalue weighted by molar-refractivity contribution is 6.42. The molecule has 5 nitrogen and oxygen atoms in total. The second-order valence-electron chi connectivity index (χ2n) is 4.98. The molecular weight excluding hydrogens is 289 g/mol. The number of nitrogens with one attached hydrogen (secondary N) is 2. The first-order valence-electron chi connectivity index (χ1n) is 6.04.